The van der Waals surface area contributed by atoms with Crippen LogP contribution < -0.4 is 5.73 Å². The maximum absolute atomic E-state index is 10.8. The minimum absolute atomic E-state index is 0.302. The van der Waals surface area contributed by atoms with Crippen LogP contribution >= 0.6 is 0 Å². The molecule has 3 N–H and O–H groups in total. The lowest BCUT2D eigenvalue weighted by Crippen LogP contribution is -2.40. The van der Waals surface area contributed by atoms with E-state index in [0.717, 1.165) is 12.8 Å². The van der Waals surface area contributed by atoms with Gasteiger partial charge in [-0.05, 0) is 43.4 Å². The van der Waals surface area contributed by atoms with Crippen LogP contribution in [-0.4, -0.2) is 17.1 Å². The molecule has 3 heteroatoms. The monoisotopic (exact) mass is 325 g/mol. The molecule has 0 saturated heterocycles. The lowest BCUT2D eigenvalue weighted by molar-refractivity contribution is -0.137. The van der Waals surface area contributed by atoms with Crippen LogP contribution in [0.15, 0.2) is 0 Å². The number of nitrogens with two attached hydrogens (primary N) is 1. The van der Waals surface area contributed by atoms with Gasteiger partial charge in [0.1, 0.15) is 0 Å². The highest BCUT2D eigenvalue weighted by Crippen LogP contribution is 2.34. The molecule has 0 aromatic carbocycles. The molecule has 3 nitrogen and oxygen atoms in total. The first kappa shape index (κ1) is 20.5. The van der Waals surface area contributed by atoms with Crippen LogP contribution in [0.2, 0.25) is 0 Å². The molecule has 0 bridgehead atoms. The number of hydrogen-bond acceptors (Lipinski definition) is 2. The second kappa shape index (κ2) is 11.9. The van der Waals surface area contributed by atoms with Crippen molar-refractivity contribution in [1.82, 2.24) is 0 Å². The Bertz CT molecular complexity index is 313. The SMILES string of the molecule is CCCCCCC(CCCC(=O)O)C(C)C(N)C1CCCCC1. The fraction of sp³-hybridized carbons (Fsp3) is 0.950. The van der Waals surface area contributed by atoms with E-state index in [0.29, 0.717) is 30.2 Å². The molecule has 0 radical (unpaired) electrons. The van der Waals surface area contributed by atoms with E-state index in [2.05, 4.69) is 13.8 Å². The Kier molecular flexibility index (Phi) is 10.6. The molecule has 0 aromatic rings. The van der Waals surface area contributed by atoms with E-state index in [9.17, 15) is 4.79 Å². The lowest BCUT2D eigenvalue weighted by Gasteiger charge is -2.36. The van der Waals surface area contributed by atoms with Gasteiger partial charge in [-0.15, -0.1) is 0 Å². The molecule has 0 spiro atoms. The Morgan fingerprint density at radius 1 is 1.09 bits per heavy atom. The molecule has 1 rings (SSSR count). The van der Waals surface area contributed by atoms with Gasteiger partial charge < -0.3 is 10.8 Å². The average Bonchev–Trinajstić information content (AvgIpc) is 2.56. The zero-order chi connectivity index (χ0) is 17.1. The van der Waals surface area contributed by atoms with Crippen LogP contribution in [0.25, 0.3) is 0 Å². The van der Waals surface area contributed by atoms with Crippen LogP contribution in [0, 0.1) is 17.8 Å². The van der Waals surface area contributed by atoms with Crippen molar-refractivity contribution < 1.29 is 9.90 Å². The first-order valence-electron chi connectivity index (χ1n) is 10.0. The number of hydrogen-bond donors (Lipinski definition) is 2. The first-order chi connectivity index (χ1) is 11.1. The number of carboxylic acids is 1. The Labute approximate surface area is 143 Å². The van der Waals surface area contributed by atoms with Gasteiger partial charge in [0.25, 0.3) is 0 Å². The molecule has 0 amide bonds. The Balaban J connectivity index is 2.50. The van der Waals surface area contributed by atoms with Crippen molar-refractivity contribution in [2.45, 2.75) is 103 Å². The summed E-state index contributed by atoms with van der Waals surface area (Å²) < 4.78 is 0. The molecular weight excluding hydrogens is 286 g/mol. The summed E-state index contributed by atoms with van der Waals surface area (Å²) in [7, 11) is 0. The number of aliphatic carboxylic acids is 1. The van der Waals surface area contributed by atoms with Crippen LogP contribution in [0.3, 0.4) is 0 Å². The first-order valence-corrected chi connectivity index (χ1v) is 10.0. The molecular formula is C20H39NO2. The van der Waals surface area contributed by atoms with E-state index in [4.69, 9.17) is 10.8 Å². The van der Waals surface area contributed by atoms with E-state index in [1.807, 2.05) is 0 Å². The predicted octanol–water partition coefficient (Wildman–Crippen LogP) is 5.37. The van der Waals surface area contributed by atoms with Crippen molar-refractivity contribution in [2.24, 2.45) is 23.5 Å². The minimum Gasteiger partial charge on any atom is -0.481 e. The van der Waals surface area contributed by atoms with Crippen LogP contribution in [0.5, 0.6) is 0 Å². The standard InChI is InChI=1S/C20H39NO2/c1-3-4-5-7-11-17(14-10-15-19(22)23)16(2)20(21)18-12-8-6-9-13-18/h16-18,20H,3-15,21H2,1-2H3,(H,22,23). The molecule has 23 heavy (non-hydrogen) atoms. The molecule has 136 valence electrons. The predicted molar refractivity (Wildman–Crippen MR) is 97.5 cm³/mol. The molecule has 1 aliphatic rings. The van der Waals surface area contributed by atoms with Crippen molar-refractivity contribution in [1.29, 1.82) is 0 Å². The molecule has 1 aliphatic carbocycles. The van der Waals surface area contributed by atoms with Gasteiger partial charge in [-0.3, -0.25) is 4.79 Å². The van der Waals surface area contributed by atoms with E-state index >= 15 is 0 Å². The van der Waals surface area contributed by atoms with Gasteiger partial charge >= 0.3 is 5.97 Å². The topological polar surface area (TPSA) is 63.3 Å². The van der Waals surface area contributed by atoms with E-state index in [1.165, 1.54) is 64.2 Å². The molecule has 0 heterocycles. The summed E-state index contributed by atoms with van der Waals surface area (Å²) in [6.45, 7) is 4.57. The summed E-state index contributed by atoms with van der Waals surface area (Å²) >= 11 is 0. The highest BCUT2D eigenvalue weighted by Gasteiger charge is 2.29. The lowest BCUT2D eigenvalue weighted by atomic mass is 9.73. The van der Waals surface area contributed by atoms with E-state index in [-0.39, 0.29) is 0 Å². The highest BCUT2D eigenvalue weighted by atomic mass is 16.4. The largest absolute Gasteiger partial charge is 0.481 e. The van der Waals surface area contributed by atoms with Crippen molar-refractivity contribution in [3.63, 3.8) is 0 Å². The van der Waals surface area contributed by atoms with Crippen molar-refractivity contribution >= 4 is 5.97 Å². The molecule has 1 fully saturated rings. The van der Waals surface area contributed by atoms with Gasteiger partial charge in [0.05, 0.1) is 0 Å². The average molecular weight is 326 g/mol. The number of rotatable bonds is 12. The number of carboxylic acid groups (broad SMARTS) is 1. The Morgan fingerprint density at radius 3 is 2.35 bits per heavy atom. The highest BCUT2D eigenvalue weighted by molar-refractivity contribution is 5.66. The summed E-state index contributed by atoms with van der Waals surface area (Å²) in [4.78, 5) is 10.8. The smallest absolute Gasteiger partial charge is 0.303 e. The molecule has 3 atom stereocenters. The van der Waals surface area contributed by atoms with Gasteiger partial charge in [0.2, 0.25) is 0 Å². The van der Waals surface area contributed by atoms with Gasteiger partial charge in [-0.2, -0.15) is 0 Å². The van der Waals surface area contributed by atoms with Gasteiger partial charge in [-0.1, -0.05) is 65.2 Å². The fourth-order valence-electron chi connectivity index (χ4n) is 4.28. The summed E-state index contributed by atoms with van der Waals surface area (Å²) in [5, 5.41) is 8.90. The van der Waals surface area contributed by atoms with Crippen molar-refractivity contribution in [3.8, 4) is 0 Å². The van der Waals surface area contributed by atoms with E-state index in [1.54, 1.807) is 0 Å². The quantitative estimate of drug-likeness (QED) is 0.474. The third-order valence-corrected chi connectivity index (χ3v) is 5.94. The maximum atomic E-state index is 10.8. The minimum atomic E-state index is -0.668. The molecule has 1 saturated carbocycles. The van der Waals surface area contributed by atoms with Crippen LogP contribution in [-0.2, 0) is 4.79 Å². The second-order valence-electron chi connectivity index (χ2n) is 7.73. The number of unbranched alkanes of at least 4 members (excludes halogenated alkanes) is 3. The summed E-state index contributed by atoms with van der Waals surface area (Å²) in [6, 6.07) is 0.302. The van der Waals surface area contributed by atoms with Gasteiger partial charge in [0.15, 0.2) is 0 Å². The summed E-state index contributed by atoms with van der Waals surface area (Å²) in [5.41, 5.74) is 6.64. The van der Waals surface area contributed by atoms with Gasteiger partial charge in [0, 0.05) is 12.5 Å². The fourth-order valence-corrected chi connectivity index (χ4v) is 4.28. The third kappa shape index (κ3) is 8.19. The molecule has 3 unspecified atom stereocenters. The number of carbonyl (C=O) groups is 1. The van der Waals surface area contributed by atoms with Crippen molar-refractivity contribution in [3.05, 3.63) is 0 Å². The van der Waals surface area contributed by atoms with Crippen LogP contribution in [0.4, 0.5) is 0 Å². The van der Waals surface area contributed by atoms with Crippen molar-refractivity contribution in [2.75, 3.05) is 0 Å². The second-order valence-corrected chi connectivity index (χ2v) is 7.73. The normalized spacial score (nSPS) is 20.1. The van der Waals surface area contributed by atoms with Gasteiger partial charge in [-0.25, -0.2) is 0 Å². The molecule has 0 aromatic heterocycles. The van der Waals surface area contributed by atoms with Crippen LogP contribution in [0.1, 0.15) is 97.3 Å². The zero-order valence-electron chi connectivity index (χ0n) is 15.4. The summed E-state index contributed by atoms with van der Waals surface area (Å²) in [6.07, 6.45) is 15.1. The Hall–Kier alpha value is -0.570. The third-order valence-electron chi connectivity index (χ3n) is 5.94. The zero-order valence-corrected chi connectivity index (χ0v) is 15.4. The molecule has 0 aliphatic heterocycles. The van der Waals surface area contributed by atoms with E-state index < -0.39 is 5.97 Å². The summed E-state index contributed by atoms with van der Waals surface area (Å²) in [5.74, 6) is 1.15. The maximum Gasteiger partial charge on any atom is 0.303 e. The Morgan fingerprint density at radius 2 is 1.74 bits per heavy atom.